The lowest BCUT2D eigenvalue weighted by Gasteiger charge is -2.38. The largest absolute Gasteiger partial charge is 0.430 e. The highest BCUT2D eigenvalue weighted by atomic mass is 32.2. The maximum Gasteiger partial charge on any atom is 0.430 e. The van der Waals surface area contributed by atoms with Crippen molar-refractivity contribution < 1.29 is 44.3 Å². The third-order valence-corrected chi connectivity index (χ3v) is 9.62. The minimum atomic E-state index is -6.06. The van der Waals surface area contributed by atoms with Crippen molar-refractivity contribution in [2.75, 3.05) is 13.1 Å². The van der Waals surface area contributed by atoms with E-state index in [-0.39, 0.29) is 5.56 Å². The summed E-state index contributed by atoms with van der Waals surface area (Å²) in [5.74, 6) is -3.19. The summed E-state index contributed by atoms with van der Waals surface area (Å²) < 4.78 is 133. The van der Waals surface area contributed by atoms with Crippen LogP contribution in [0.4, 0.5) is 39.5 Å². The maximum absolute atomic E-state index is 14.5. The van der Waals surface area contributed by atoms with Crippen LogP contribution in [0.25, 0.3) is 6.08 Å². The van der Waals surface area contributed by atoms with Crippen molar-refractivity contribution >= 4 is 17.8 Å². The lowest BCUT2D eigenvalue weighted by atomic mass is 9.88. The molecule has 4 aromatic carbocycles. The van der Waals surface area contributed by atoms with Gasteiger partial charge in [0.25, 0.3) is 5.60 Å². The third-order valence-electron chi connectivity index (χ3n) is 8.17. The third kappa shape index (κ3) is 6.95. The van der Waals surface area contributed by atoms with Gasteiger partial charge in [-0.1, -0.05) is 73.3 Å². The molecule has 1 heterocycles. The average molecular weight is 682 g/mol. The molecule has 0 aliphatic carbocycles. The van der Waals surface area contributed by atoms with Crippen LogP contribution in [0.15, 0.2) is 102 Å². The van der Waals surface area contributed by atoms with E-state index in [0.717, 1.165) is 11.6 Å². The van der Waals surface area contributed by atoms with Crippen LogP contribution >= 0.6 is 11.8 Å². The summed E-state index contributed by atoms with van der Waals surface area (Å²) in [7, 11) is 0. The molecule has 0 radical (unpaired) electrons. The van der Waals surface area contributed by atoms with E-state index in [0.29, 0.717) is 60.8 Å². The molecular formula is C35H28F9NOS. The minimum absolute atomic E-state index is 0.239. The first-order chi connectivity index (χ1) is 22.2. The van der Waals surface area contributed by atoms with E-state index in [4.69, 9.17) is 0 Å². The van der Waals surface area contributed by atoms with Gasteiger partial charge in [0.1, 0.15) is 17.5 Å². The molecule has 0 aromatic heterocycles. The maximum atomic E-state index is 14.5. The van der Waals surface area contributed by atoms with E-state index in [1.807, 2.05) is 30.3 Å². The quantitative estimate of drug-likeness (QED) is 0.155. The Labute approximate surface area is 269 Å². The lowest BCUT2D eigenvalue weighted by Crippen LogP contribution is -2.56. The number of thioether (sulfide) groups is 1. The molecule has 47 heavy (non-hydrogen) atoms. The van der Waals surface area contributed by atoms with Crippen molar-refractivity contribution in [3.05, 3.63) is 143 Å². The Balaban J connectivity index is 1.54. The fraction of sp³-hybridized carbons (Fsp3) is 0.257. The molecular weight excluding hydrogens is 653 g/mol. The smallest absolute Gasteiger partial charge is 0.349 e. The van der Waals surface area contributed by atoms with Gasteiger partial charge in [0.05, 0.1) is 11.4 Å². The number of ether oxygens (including phenoxy) is 1. The Morgan fingerprint density at radius 1 is 0.787 bits per heavy atom. The van der Waals surface area contributed by atoms with Gasteiger partial charge in [-0.25, -0.2) is 13.2 Å². The highest BCUT2D eigenvalue weighted by molar-refractivity contribution is 8.00. The van der Waals surface area contributed by atoms with E-state index in [1.165, 1.54) is 36.0 Å². The summed E-state index contributed by atoms with van der Waals surface area (Å²) in [6.07, 6.45) is -10.3. The first-order valence-corrected chi connectivity index (χ1v) is 15.2. The van der Waals surface area contributed by atoms with Crippen LogP contribution < -0.4 is 0 Å². The van der Waals surface area contributed by atoms with Crippen molar-refractivity contribution in [3.63, 3.8) is 0 Å². The van der Waals surface area contributed by atoms with Crippen molar-refractivity contribution in [2.45, 2.75) is 47.2 Å². The molecule has 0 bridgehead atoms. The molecule has 1 saturated heterocycles. The summed E-state index contributed by atoms with van der Waals surface area (Å²) in [5.41, 5.74) is -5.57. The molecule has 0 spiro atoms. The second-order valence-corrected chi connectivity index (χ2v) is 12.6. The number of halogens is 9. The van der Waals surface area contributed by atoms with Gasteiger partial charge in [-0.15, -0.1) is 11.8 Å². The summed E-state index contributed by atoms with van der Waals surface area (Å²) in [5, 5.41) is 0. The predicted octanol–water partition coefficient (Wildman–Crippen LogP) is 10.2. The summed E-state index contributed by atoms with van der Waals surface area (Å²) in [6, 6.07) is 20.0. The molecule has 5 rings (SSSR count). The van der Waals surface area contributed by atoms with Gasteiger partial charge < -0.3 is 4.74 Å². The molecule has 1 atom stereocenters. The molecule has 4 aromatic rings. The number of hydrogen-bond acceptors (Lipinski definition) is 3. The molecule has 1 aliphatic rings. The molecule has 248 valence electrons. The predicted molar refractivity (Wildman–Crippen MR) is 162 cm³/mol. The molecule has 2 nitrogen and oxygen atoms in total. The van der Waals surface area contributed by atoms with Gasteiger partial charge in [-0.05, 0) is 47.9 Å². The minimum Gasteiger partial charge on any atom is -0.349 e. The van der Waals surface area contributed by atoms with Crippen LogP contribution in [0, 0.1) is 17.5 Å². The molecule has 1 unspecified atom stereocenters. The van der Waals surface area contributed by atoms with Crippen LogP contribution in [0.3, 0.4) is 0 Å². The average Bonchev–Trinajstić information content (AvgIpc) is 3.42. The molecule has 1 fully saturated rings. The Bertz CT molecular complexity index is 1670. The van der Waals surface area contributed by atoms with Crippen LogP contribution in [-0.2, 0) is 28.2 Å². The van der Waals surface area contributed by atoms with Crippen molar-refractivity contribution in [1.82, 2.24) is 4.90 Å². The van der Waals surface area contributed by atoms with Gasteiger partial charge >= 0.3 is 12.4 Å². The zero-order chi connectivity index (χ0) is 34.0. The van der Waals surface area contributed by atoms with Gasteiger partial charge in [-0.3, -0.25) is 4.90 Å². The highest BCUT2D eigenvalue weighted by Gasteiger charge is 2.73. The fourth-order valence-electron chi connectivity index (χ4n) is 5.77. The summed E-state index contributed by atoms with van der Waals surface area (Å²) >= 11 is 1.32. The van der Waals surface area contributed by atoms with E-state index < -0.39 is 57.9 Å². The topological polar surface area (TPSA) is 12.5 Å². The number of likely N-dealkylation sites (tertiary alicyclic amines) is 1. The SMILES string of the molecule is C=Cc1cc(SC2(c3ccc(C(OCc4c(F)cccc4F)(C(F)(F)F)C(F)(F)F)cc3)CCN(Cc3ccccc3)C2)ccc1F. The number of alkyl halides is 6. The fourth-order valence-corrected chi connectivity index (χ4v) is 7.24. The van der Waals surface area contributed by atoms with E-state index >= 15 is 0 Å². The molecule has 1 aliphatic heterocycles. The van der Waals surface area contributed by atoms with Crippen molar-refractivity contribution in [3.8, 4) is 0 Å². The van der Waals surface area contributed by atoms with E-state index in [1.54, 1.807) is 12.1 Å². The van der Waals surface area contributed by atoms with Gasteiger partial charge in [0, 0.05) is 41.2 Å². The molecule has 0 amide bonds. The zero-order valence-corrected chi connectivity index (χ0v) is 25.5. The van der Waals surface area contributed by atoms with Crippen LogP contribution in [0.5, 0.6) is 0 Å². The van der Waals surface area contributed by atoms with Gasteiger partial charge in [0.15, 0.2) is 0 Å². The van der Waals surface area contributed by atoms with Gasteiger partial charge in [-0.2, -0.15) is 26.3 Å². The molecule has 12 heteroatoms. The highest BCUT2D eigenvalue weighted by Crippen LogP contribution is 2.55. The second-order valence-electron chi connectivity index (χ2n) is 11.2. The summed E-state index contributed by atoms with van der Waals surface area (Å²) in [6.45, 7) is 3.47. The number of hydrogen-bond donors (Lipinski definition) is 0. The first-order valence-electron chi connectivity index (χ1n) is 14.4. The Morgan fingerprint density at radius 2 is 1.43 bits per heavy atom. The number of nitrogens with zero attached hydrogens (tertiary/aromatic N) is 1. The lowest BCUT2D eigenvalue weighted by molar-refractivity contribution is -0.392. The Kier molecular flexibility index (Phi) is 9.87. The monoisotopic (exact) mass is 681 g/mol. The second kappa shape index (κ2) is 13.4. The first kappa shape index (κ1) is 34.6. The van der Waals surface area contributed by atoms with E-state index in [2.05, 4.69) is 16.2 Å². The van der Waals surface area contributed by atoms with Crippen LogP contribution in [0.1, 0.15) is 34.2 Å². The normalized spacial score (nSPS) is 17.6. The standard InChI is InChI=1S/C35H28F9NOS/c1-2-24-19-27(15-16-29(24)36)47-32(17-18-45(22-32)20-23-7-4-3-5-8-23)25-11-13-26(14-12-25)33(34(39,40)41,35(42,43)44)46-21-28-30(37)9-6-10-31(28)38/h2-16,19H,1,17-18,20-22H2. The zero-order valence-electron chi connectivity index (χ0n) is 24.6. The number of rotatable bonds is 10. The van der Waals surface area contributed by atoms with Crippen molar-refractivity contribution in [1.29, 1.82) is 0 Å². The van der Waals surface area contributed by atoms with Gasteiger partial charge in [0.2, 0.25) is 0 Å². The van der Waals surface area contributed by atoms with Crippen molar-refractivity contribution in [2.24, 2.45) is 0 Å². The van der Waals surface area contributed by atoms with Crippen LogP contribution in [-0.4, -0.2) is 30.3 Å². The Hall–Kier alpha value is -3.74. The van der Waals surface area contributed by atoms with E-state index in [9.17, 15) is 39.5 Å². The number of benzene rings is 4. The molecule has 0 saturated carbocycles. The van der Waals surface area contributed by atoms with Crippen LogP contribution in [0.2, 0.25) is 0 Å². The summed E-state index contributed by atoms with van der Waals surface area (Å²) in [4.78, 5) is 2.75. The Morgan fingerprint density at radius 3 is 2.02 bits per heavy atom. The molecule has 0 N–H and O–H groups in total.